The first-order valence-corrected chi connectivity index (χ1v) is 10.5. The van der Waals surface area contributed by atoms with Gasteiger partial charge < -0.3 is 4.43 Å². The van der Waals surface area contributed by atoms with Crippen LogP contribution in [0.5, 0.6) is 0 Å². The van der Waals surface area contributed by atoms with Crippen LogP contribution in [0.3, 0.4) is 0 Å². The van der Waals surface area contributed by atoms with Gasteiger partial charge in [0.25, 0.3) is 0 Å². The lowest BCUT2D eigenvalue weighted by atomic mass is 9.71. The molecule has 0 amide bonds. The van der Waals surface area contributed by atoms with Crippen LogP contribution in [0.1, 0.15) is 52.9 Å². The smallest absolute Gasteiger partial charge is 0.192 e. The minimum absolute atomic E-state index is 0.0983. The highest BCUT2D eigenvalue weighted by molar-refractivity contribution is 6.74. The average Bonchev–Trinajstić information content (AvgIpc) is 2.65. The second-order valence-electron chi connectivity index (χ2n) is 7.68. The molecule has 0 radical (unpaired) electrons. The van der Waals surface area contributed by atoms with Crippen molar-refractivity contribution in [3.8, 4) is 0 Å². The van der Waals surface area contributed by atoms with Crippen LogP contribution >= 0.6 is 0 Å². The van der Waals surface area contributed by atoms with Gasteiger partial charge in [0.15, 0.2) is 8.32 Å². The highest BCUT2D eigenvalue weighted by Crippen LogP contribution is 2.47. The molecule has 0 aromatic heterocycles. The predicted molar refractivity (Wildman–Crippen MR) is 81.7 cm³/mol. The molecule has 0 N–H and O–H groups in total. The Kier molecular flexibility index (Phi) is 3.82. The molecule has 0 aliphatic heterocycles. The molecule has 0 aromatic rings. The zero-order chi connectivity index (χ0) is 14.3. The molecule has 0 aromatic carbocycles. The minimum Gasteiger partial charge on any atom is -0.412 e. The molecule has 1 spiro atoms. The molecule has 19 heavy (non-hydrogen) atoms. The van der Waals surface area contributed by atoms with Crippen molar-refractivity contribution in [3.05, 3.63) is 12.2 Å². The normalized spacial score (nSPS) is 32.3. The third-order valence-corrected chi connectivity index (χ3v) is 9.83. The van der Waals surface area contributed by atoms with Crippen molar-refractivity contribution >= 4 is 14.1 Å². The standard InChI is InChI=1S/C16H28O2Si/c1-15(2,3)19(4,5)18-14-10-8-12-16(14)11-7-6-9-13(16)17/h8,12,14H,6-7,9-11H2,1-5H3/t14-,16+/m1/s1. The maximum absolute atomic E-state index is 12.4. The van der Waals surface area contributed by atoms with Crippen LogP contribution in [0.25, 0.3) is 0 Å². The van der Waals surface area contributed by atoms with E-state index in [1.807, 2.05) is 0 Å². The summed E-state index contributed by atoms with van der Waals surface area (Å²) in [5.74, 6) is 0.413. The summed E-state index contributed by atoms with van der Waals surface area (Å²) in [6.45, 7) is 11.4. The molecule has 1 saturated carbocycles. The van der Waals surface area contributed by atoms with Crippen molar-refractivity contribution < 1.29 is 9.22 Å². The summed E-state index contributed by atoms with van der Waals surface area (Å²) in [4.78, 5) is 12.4. The number of hydrogen-bond acceptors (Lipinski definition) is 2. The van der Waals surface area contributed by atoms with Crippen LogP contribution in [0, 0.1) is 5.41 Å². The van der Waals surface area contributed by atoms with E-state index in [1.54, 1.807) is 0 Å². The Labute approximate surface area is 118 Å². The lowest BCUT2D eigenvalue weighted by molar-refractivity contribution is -0.133. The molecule has 0 unspecified atom stereocenters. The van der Waals surface area contributed by atoms with E-state index in [9.17, 15) is 4.79 Å². The second-order valence-corrected chi connectivity index (χ2v) is 12.4. The summed E-state index contributed by atoms with van der Waals surface area (Å²) in [6.07, 6.45) is 9.28. The molecule has 2 nitrogen and oxygen atoms in total. The largest absolute Gasteiger partial charge is 0.412 e. The first-order valence-electron chi connectivity index (χ1n) is 7.58. The third-order valence-electron chi connectivity index (χ3n) is 5.35. The van der Waals surface area contributed by atoms with Crippen LogP contribution in [0.15, 0.2) is 12.2 Å². The maximum atomic E-state index is 12.4. The van der Waals surface area contributed by atoms with Crippen molar-refractivity contribution in [1.29, 1.82) is 0 Å². The minimum atomic E-state index is -1.80. The summed E-state index contributed by atoms with van der Waals surface area (Å²) < 4.78 is 6.58. The number of hydrogen-bond donors (Lipinski definition) is 0. The molecule has 2 rings (SSSR count). The van der Waals surface area contributed by atoms with E-state index < -0.39 is 8.32 Å². The van der Waals surface area contributed by atoms with E-state index in [2.05, 4.69) is 46.0 Å². The van der Waals surface area contributed by atoms with Gasteiger partial charge in [0.05, 0.1) is 11.5 Å². The molecular weight excluding hydrogens is 252 g/mol. The second kappa shape index (κ2) is 4.85. The van der Waals surface area contributed by atoms with Gasteiger partial charge in [-0.25, -0.2) is 0 Å². The molecule has 3 heteroatoms. The average molecular weight is 280 g/mol. The fraction of sp³-hybridized carbons (Fsp3) is 0.812. The SMILES string of the molecule is CC(C)(C)[Si](C)(C)O[C@@H]1CC=C[C@]12CCCCC2=O. The number of carbonyl (C=O) groups is 1. The van der Waals surface area contributed by atoms with Gasteiger partial charge >= 0.3 is 0 Å². The van der Waals surface area contributed by atoms with Gasteiger partial charge in [-0.2, -0.15) is 0 Å². The molecule has 2 aliphatic rings. The molecule has 1 fully saturated rings. The van der Waals surface area contributed by atoms with Crippen LogP contribution in [0.4, 0.5) is 0 Å². The zero-order valence-corrected chi connectivity index (χ0v) is 14.1. The van der Waals surface area contributed by atoms with Gasteiger partial charge in [0, 0.05) is 6.42 Å². The Morgan fingerprint density at radius 2 is 2.00 bits per heavy atom. The van der Waals surface area contributed by atoms with E-state index in [0.29, 0.717) is 5.78 Å². The van der Waals surface area contributed by atoms with Gasteiger partial charge in [0.2, 0.25) is 0 Å². The van der Waals surface area contributed by atoms with Gasteiger partial charge in [-0.05, 0) is 37.4 Å². The molecular formula is C16H28O2Si. The fourth-order valence-corrected chi connectivity index (χ4v) is 4.37. The van der Waals surface area contributed by atoms with E-state index in [0.717, 1.165) is 32.1 Å². The Balaban J connectivity index is 2.19. The van der Waals surface area contributed by atoms with Crippen molar-refractivity contribution in [2.24, 2.45) is 5.41 Å². The summed E-state index contributed by atoms with van der Waals surface area (Å²) in [6, 6.07) is 0. The Bertz CT molecular complexity index is 392. The first kappa shape index (κ1) is 15.0. The highest BCUT2D eigenvalue weighted by atomic mass is 28.4. The topological polar surface area (TPSA) is 26.3 Å². The number of carbonyl (C=O) groups excluding carboxylic acids is 1. The van der Waals surface area contributed by atoms with Gasteiger partial charge in [-0.1, -0.05) is 39.3 Å². The van der Waals surface area contributed by atoms with Gasteiger partial charge in [0.1, 0.15) is 5.78 Å². The Morgan fingerprint density at radius 3 is 2.58 bits per heavy atom. The molecule has 0 saturated heterocycles. The lowest BCUT2D eigenvalue weighted by Gasteiger charge is -2.44. The number of Topliss-reactive ketones (excluding diaryl/α,β-unsaturated/α-hetero) is 1. The van der Waals surface area contributed by atoms with E-state index >= 15 is 0 Å². The number of ketones is 1. The maximum Gasteiger partial charge on any atom is 0.192 e. The molecule has 2 atom stereocenters. The Hall–Kier alpha value is -0.413. The molecule has 0 heterocycles. The van der Waals surface area contributed by atoms with Crippen molar-refractivity contribution in [2.75, 3.05) is 0 Å². The van der Waals surface area contributed by atoms with E-state index in [4.69, 9.17) is 4.43 Å². The van der Waals surface area contributed by atoms with Crippen molar-refractivity contribution in [1.82, 2.24) is 0 Å². The van der Waals surface area contributed by atoms with E-state index in [1.165, 1.54) is 0 Å². The summed E-state index contributed by atoms with van der Waals surface area (Å²) >= 11 is 0. The van der Waals surface area contributed by atoms with Gasteiger partial charge in [-0.15, -0.1) is 0 Å². The van der Waals surface area contributed by atoms with Crippen LogP contribution in [-0.4, -0.2) is 20.2 Å². The fourth-order valence-electron chi connectivity index (χ4n) is 3.00. The lowest BCUT2D eigenvalue weighted by Crippen LogP contribution is -2.50. The van der Waals surface area contributed by atoms with Crippen molar-refractivity contribution in [2.45, 2.75) is 77.1 Å². The summed E-state index contributed by atoms with van der Waals surface area (Å²) in [5, 5.41) is 0.203. The van der Waals surface area contributed by atoms with Gasteiger partial charge in [-0.3, -0.25) is 4.79 Å². The predicted octanol–water partition coefficient (Wildman–Crippen LogP) is 4.47. The summed E-state index contributed by atoms with van der Waals surface area (Å²) in [7, 11) is -1.80. The van der Waals surface area contributed by atoms with Crippen LogP contribution in [-0.2, 0) is 9.22 Å². The zero-order valence-electron chi connectivity index (χ0n) is 13.1. The summed E-state index contributed by atoms with van der Waals surface area (Å²) in [5.41, 5.74) is -0.284. The molecule has 0 bridgehead atoms. The monoisotopic (exact) mass is 280 g/mol. The highest BCUT2D eigenvalue weighted by Gasteiger charge is 2.50. The Morgan fingerprint density at radius 1 is 1.32 bits per heavy atom. The molecule has 108 valence electrons. The first-order chi connectivity index (χ1) is 8.69. The van der Waals surface area contributed by atoms with Crippen LogP contribution in [0.2, 0.25) is 18.1 Å². The number of rotatable bonds is 2. The van der Waals surface area contributed by atoms with Crippen LogP contribution < -0.4 is 0 Å². The van der Waals surface area contributed by atoms with Crippen molar-refractivity contribution in [3.63, 3.8) is 0 Å². The quantitative estimate of drug-likeness (QED) is 0.551. The molecule has 2 aliphatic carbocycles. The third kappa shape index (κ3) is 2.59. The van der Waals surface area contributed by atoms with E-state index in [-0.39, 0.29) is 16.6 Å².